The van der Waals surface area contributed by atoms with E-state index in [2.05, 4.69) is 22.8 Å². The fourth-order valence-electron chi connectivity index (χ4n) is 2.64. The predicted octanol–water partition coefficient (Wildman–Crippen LogP) is 2.98. The van der Waals surface area contributed by atoms with Crippen molar-refractivity contribution in [2.24, 2.45) is 0 Å². The zero-order valence-corrected chi connectivity index (χ0v) is 15.3. The predicted molar refractivity (Wildman–Crippen MR) is 103 cm³/mol. The second-order valence-corrected chi connectivity index (χ2v) is 6.22. The van der Waals surface area contributed by atoms with Crippen LogP contribution in [0, 0.1) is 6.92 Å². The summed E-state index contributed by atoms with van der Waals surface area (Å²) >= 11 is 0. The van der Waals surface area contributed by atoms with Crippen molar-refractivity contribution in [1.29, 1.82) is 0 Å². The van der Waals surface area contributed by atoms with Crippen molar-refractivity contribution >= 4 is 6.03 Å². The van der Waals surface area contributed by atoms with Gasteiger partial charge in [-0.2, -0.15) is 0 Å². The maximum absolute atomic E-state index is 12.0. The minimum Gasteiger partial charge on any atom is -0.394 e. The Kier molecular flexibility index (Phi) is 8.66. The van der Waals surface area contributed by atoms with Crippen LogP contribution < -0.4 is 10.6 Å². The summed E-state index contributed by atoms with van der Waals surface area (Å²) in [7, 11) is 0. The first kappa shape index (κ1) is 19.9. The van der Waals surface area contributed by atoms with Gasteiger partial charge in [-0.1, -0.05) is 60.2 Å². The number of hydrogen-bond acceptors (Lipinski definition) is 3. The molecule has 0 aromatic heterocycles. The monoisotopic (exact) mass is 356 g/mol. The zero-order chi connectivity index (χ0) is 18.6. The summed E-state index contributed by atoms with van der Waals surface area (Å²) in [5, 5.41) is 14.7. The van der Waals surface area contributed by atoms with E-state index in [0.717, 1.165) is 18.4 Å². The molecular formula is C21H28N2O3. The Morgan fingerprint density at radius 2 is 1.81 bits per heavy atom. The largest absolute Gasteiger partial charge is 0.394 e. The second-order valence-electron chi connectivity index (χ2n) is 6.22. The van der Waals surface area contributed by atoms with Crippen LogP contribution in [0.25, 0.3) is 0 Å². The highest BCUT2D eigenvalue weighted by Crippen LogP contribution is 2.17. The van der Waals surface area contributed by atoms with Crippen LogP contribution in [0.3, 0.4) is 0 Å². The Balaban J connectivity index is 1.72. The molecule has 0 saturated carbocycles. The molecule has 1 atom stereocenters. The summed E-state index contributed by atoms with van der Waals surface area (Å²) < 4.78 is 5.66. The summed E-state index contributed by atoms with van der Waals surface area (Å²) in [5.74, 6) is 0. The van der Waals surface area contributed by atoms with Gasteiger partial charge in [0.05, 0.1) is 19.3 Å². The minimum atomic E-state index is -0.280. The lowest BCUT2D eigenvalue weighted by Gasteiger charge is -2.19. The lowest BCUT2D eigenvalue weighted by molar-refractivity contribution is 0.0294. The molecule has 0 fully saturated rings. The molecule has 0 saturated heterocycles. The SMILES string of the molecule is Cc1ccc(C(CNC(=O)NCCCc2ccccc2)OCCO)cc1. The van der Waals surface area contributed by atoms with Gasteiger partial charge in [-0.25, -0.2) is 4.79 Å². The van der Waals surface area contributed by atoms with E-state index in [1.54, 1.807) is 0 Å². The molecule has 3 N–H and O–H groups in total. The van der Waals surface area contributed by atoms with E-state index in [4.69, 9.17) is 9.84 Å². The first-order valence-corrected chi connectivity index (χ1v) is 9.03. The number of amides is 2. The van der Waals surface area contributed by atoms with Crippen LogP contribution in [-0.4, -0.2) is 37.4 Å². The molecule has 26 heavy (non-hydrogen) atoms. The lowest BCUT2D eigenvalue weighted by Crippen LogP contribution is -2.38. The number of carbonyl (C=O) groups excluding carboxylic acids is 1. The zero-order valence-electron chi connectivity index (χ0n) is 15.3. The molecule has 0 spiro atoms. The molecule has 5 heteroatoms. The van der Waals surface area contributed by atoms with E-state index in [-0.39, 0.29) is 25.3 Å². The van der Waals surface area contributed by atoms with Gasteiger partial charge >= 0.3 is 6.03 Å². The van der Waals surface area contributed by atoms with E-state index in [1.807, 2.05) is 49.4 Å². The third-order valence-corrected chi connectivity index (χ3v) is 4.08. The first-order valence-electron chi connectivity index (χ1n) is 9.03. The van der Waals surface area contributed by atoms with Crippen LogP contribution in [0.4, 0.5) is 4.79 Å². The molecule has 0 bridgehead atoms. The lowest BCUT2D eigenvalue weighted by atomic mass is 10.1. The standard InChI is InChI=1S/C21H28N2O3/c1-17-9-11-19(12-10-17)20(26-15-14-24)16-23-21(25)22-13-5-8-18-6-3-2-4-7-18/h2-4,6-7,9-12,20,24H,5,8,13-16H2,1H3,(H2,22,23,25). The van der Waals surface area contributed by atoms with Crippen molar-refractivity contribution in [2.45, 2.75) is 25.9 Å². The highest BCUT2D eigenvalue weighted by atomic mass is 16.5. The van der Waals surface area contributed by atoms with Gasteiger partial charge in [0.15, 0.2) is 0 Å². The summed E-state index contributed by atoms with van der Waals surface area (Å²) in [6, 6.07) is 18.0. The van der Waals surface area contributed by atoms with Crippen molar-refractivity contribution in [1.82, 2.24) is 10.6 Å². The van der Waals surface area contributed by atoms with Crippen molar-refractivity contribution in [3.63, 3.8) is 0 Å². The summed E-state index contributed by atoms with van der Waals surface area (Å²) in [4.78, 5) is 12.0. The molecule has 2 aromatic carbocycles. The normalized spacial score (nSPS) is 11.8. The smallest absolute Gasteiger partial charge is 0.314 e. The van der Waals surface area contributed by atoms with Crippen LogP contribution in [0.5, 0.6) is 0 Å². The Bertz CT molecular complexity index is 644. The Labute approximate surface area is 155 Å². The highest BCUT2D eigenvalue weighted by molar-refractivity contribution is 5.73. The fraction of sp³-hybridized carbons (Fsp3) is 0.381. The van der Waals surface area contributed by atoms with Crippen LogP contribution in [0.15, 0.2) is 54.6 Å². The summed E-state index contributed by atoms with van der Waals surface area (Å²) in [6.45, 7) is 3.18. The van der Waals surface area contributed by atoms with Gasteiger partial charge in [-0.15, -0.1) is 0 Å². The molecule has 0 aliphatic heterocycles. The Morgan fingerprint density at radius 1 is 1.08 bits per heavy atom. The average Bonchev–Trinajstić information content (AvgIpc) is 2.67. The second kappa shape index (κ2) is 11.3. The number of rotatable bonds is 10. The first-order chi connectivity index (χ1) is 12.7. The number of aliphatic hydroxyl groups is 1. The highest BCUT2D eigenvalue weighted by Gasteiger charge is 2.13. The van der Waals surface area contributed by atoms with Gasteiger partial charge in [-0.3, -0.25) is 0 Å². The minimum absolute atomic E-state index is 0.0476. The van der Waals surface area contributed by atoms with E-state index in [0.29, 0.717) is 13.1 Å². The third-order valence-electron chi connectivity index (χ3n) is 4.08. The molecule has 2 aromatic rings. The van der Waals surface area contributed by atoms with Crippen molar-refractivity contribution in [3.8, 4) is 0 Å². The molecule has 0 aliphatic carbocycles. The third kappa shape index (κ3) is 7.25. The van der Waals surface area contributed by atoms with Gasteiger partial charge in [0.1, 0.15) is 0 Å². The maximum atomic E-state index is 12.0. The number of urea groups is 1. The van der Waals surface area contributed by atoms with Crippen molar-refractivity contribution in [3.05, 3.63) is 71.3 Å². The van der Waals surface area contributed by atoms with E-state index < -0.39 is 0 Å². The van der Waals surface area contributed by atoms with Crippen LogP contribution >= 0.6 is 0 Å². The molecular weight excluding hydrogens is 328 g/mol. The van der Waals surface area contributed by atoms with Gasteiger partial charge in [-0.05, 0) is 30.9 Å². The van der Waals surface area contributed by atoms with Crippen LogP contribution in [-0.2, 0) is 11.2 Å². The van der Waals surface area contributed by atoms with Gasteiger partial charge in [0, 0.05) is 13.1 Å². The molecule has 0 radical (unpaired) electrons. The molecule has 140 valence electrons. The number of nitrogens with one attached hydrogen (secondary N) is 2. The van der Waals surface area contributed by atoms with Crippen LogP contribution in [0.2, 0.25) is 0 Å². The van der Waals surface area contributed by atoms with Gasteiger partial charge in [0.2, 0.25) is 0 Å². The molecule has 5 nitrogen and oxygen atoms in total. The number of ether oxygens (including phenoxy) is 1. The summed E-state index contributed by atoms with van der Waals surface area (Å²) in [6.07, 6.45) is 1.55. The number of carbonyl (C=O) groups is 1. The van der Waals surface area contributed by atoms with Gasteiger partial charge < -0.3 is 20.5 Å². The van der Waals surface area contributed by atoms with E-state index in [9.17, 15) is 4.79 Å². The quantitative estimate of drug-likeness (QED) is 0.573. The van der Waals surface area contributed by atoms with E-state index >= 15 is 0 Å². The van der Waals surface area contributed by atoms with Crippen molar-refractivity contribution < 1.29 is 14.6 Å². The molecule has 0 heterocycles. The maximum Gasteiger partial charge on any atom is 0.314 e. The average molecular weight is 356 g/mol. The number of aryl methyl sites for hydroxylation is 2. The number of aliphatic hydroxyl groups excluding tert-OH is 1. The Morgan fingerprint density at radius 3 is 2.50 bits per heavy atom. The fourth-order valence-corrected chi connectivity index (χ4v) is 2.64. The Hall–Kier alpha value is -2.37. The van der Waals surface area contributed by atoms with Gasteiger partial charge in [0.25, 0.3) is 0 Å². The molecule has 2 rings (SSSR count). The molecule has 1 unspecified atom stereocenters. The molecule has 2 amide bonds. The number of hydrogen-bond donors (Lipinski definition) is 3. The van der Waals surface area contributed by atoms with Crippen LogP contribution in [0.1, 0.15) is 29.2 Å². The summed E-state index contributed by atoms with van der Waals surface area (Å²) in [5.41, 5.74) is 3.42. The van der Waals surface area contributed by atoms with E-state index in [1.165, 1.54) is 11.1 Å². The topological polar surface area (TPSA) is 70.6 Å². The number of benzene rings is 2. The molecule has 0 aliphatic rings. The van der Waals surface area contributed by atoms with Crippen molar-refractivity contribution in [2.75, 3.05) is 26.3 Å².